The van der Waals surface area contributed by atoms with Crippen molar-refractivity contribution in [1.82, 2.24) is 20.6 Å². The lowest BCUT2D eigenvalue weighted by Gasteiger charge is -2.24. The average molecular weight is 248 g/mol. The van der Waals surface area contributed by atoms with Gasteiger partial charge in [-0.15, -0.1) is 0 Å². The number of amides is 1. The van der Waals surface area contributed by atoms with E-state index in [0.717, 1.165) is 31.6 Å². The second kappa shape index (κ2) is 5.91. The Morgan fingerprint density at radius 1 is 1.44 bits per heavy atom. The molecule has 1 aliphatic heterocycles. The van der Waals surface area contributed by atoms with Gasteiger partial charge < -0.3 is 10.6 Å². The number of carbonyl (C=O) groups is 1. The van der Waals surface area contributed by atoms with Crippen molar-refractivity contribution in [2.75, 3.05) is 13.1 Å². The summed E-state index contributed by atoms with van der Waals surface area (Å²) in [5.41, 5.74) is 1.42. The first kappa shape index (κ1) is 13.0. The summed E-state index contributed by atoms with van der Waals surface area (Å²) < 4.78 is 0. The van der Waals surface area contributed by atoms with E-state index >= 15 is 0 Å². The van der Waals surface area contributed by atoms with Crippen LogP contribution in [0.4, 0.5) is 0 Å². The maximum Gasteiger partial charge on any atom is 0.254 e. The molecule has 1 amide bonds. The van der Waals surface area contributed by atoms with Gasteiger partial charge in [-0.3, -0.25) is 4.79 Å². The lowest BCUT2D eigenvalue weighted by Crippen LogP contribution is -2.43. The topological polar surface area (TPSA) is 66.9 Å². The molecule has 1 aromatic rings. The van der Waals surface area contributed by atoms with Crippen molar-refractivity contribution in [2.24, 2.45) is 0 Å². The monoisotopic (exact) mass is 248 g/mol. The highest BCUT2D eigenvalue weighted by Gasteiger charge is 2.20. The van der Waals surface area contributed by atoms with Gasteiger partial charge in [0.15, 0.2) is 0 Å². The van der Waals surface area contributed by atoms with Gasteiger partial charge in [0.2, 0.25) is 0 Å². The Morgan fingerprint density at radius 3 is 2.83 bits per heavy atom. The number of carbonyl (C=O) groups excluding carboxylic acids is 1. The highest BCUT2D eigenvalue weighted by atomic mass is 16.1. The van der Waals surface area contributed by atoms with Gasteiger partial charge in [-0.2, -0.15) is 0 Å². The summed E-state index contributed by atoms with van der Waals surface area (Å²) in [6, 6.07) is 0.263. The summed E-state index contributed by atoms with van der Waals surface area (Å²) in [6.45, 7) is 5.99. The lowest BCUT2D eigenvalue weighted by atomic mass is 10.0. The summed E-state index contributed by atoms with van der Waals surface area (Å²) in [5, 5.41) is 6.35. The SMILES string of the molecule is CC(C)c1ncncc1C(=O)NC1CCNCC1. The molecule has 0 spiro atoms. The smallest absolute Gasteiger partial charge is 0.254 e. The molecule has 98 valence electrons. The minimum Gasteiger partial charge on any atom is -0.349 e. The van der Waals surface area contributed by atoms with E-state index in [1.807, 2.05) is 13.8 Å². The number of rotatable bonds is 3. The molecule has 1 fully saturated rings. The van der Waals surface area contributed by atoms with E-state index in [9.17, 15) is 4.79 Å². The molecular weight excluding hydrogens is 228 g/mol. The number of piperidine rings is 1. The zero-order valence-corrected chi connectivity index (χ0v) is 10.9. The second-order valence-corrected chi connectivity index (χ2v) is 4.97. The van der Waals surface area contributed by atoms with E-state index in [0.29, 0.717) is 5.56 Å². The predicted molar refractivity (Wildman–Crippen MR) is 69.5 cm³/mol. The van der Waals surface area contributed by atoms with Crippen molar-refractivity contribution in [3.8, 4) is 0 Å². The van der Waals surface area contributed by atoms with E-state index in [2.05, 4.69) is 20.6 Å². The molecule has 5 nitrogen and oxygen atoms in total. The van der Waals surface area contributed by atoms with Crippen LogP contribution in [0.2, 0.25) is 0 Å². The Hall–Kier alpha value is -1.49. The summed E-state index contributed by atoms with van der Waals surface area (Å²) in [5.74, 6) is 0.174. The quantitative estimate of drug-likeness (QED) is 0.840. The highest BCUT2D eigenvalue weighted by Crippen LogP contribution is 2.16. The van der Waals surface area contributed by atoms with Crippen molar-refractivity contribution in [3.05, 3.63) is 23.8 Å². The summed E-state index contributed by atoms with van der Waals surface area (Å²) >= 11 is 0. The van der Waals surface area contributed by atoms with Crippen LogP contribution in [0, 0.1) is 0 Å². The van der Waals surface area contributed by atoms with Crippen LogP contribution >= 0.6 is 0 Å². The van der Waals surface area contributed by atoms with Gasteiger partial charge in [0, 0.05) is 12.2 Å². The summed E-state index contributed by atoms with van der Waals surface area (Å²) in [6.07, 6.45) is 5.07. The molecule has 5 heteroatoms. The van der Waals surface area contributed by atoms with Gasteiger partial charge in [0.1, 0.15) is 6.33 Å². The normalized spacial score (nSPS) is 16.8. The lowest BCUT2D eigenvalue weighted by molar-refractivity contribution is 0.0927. The Labute approximate surface area is 107 Å². The van der Waals surface area contributed by atoms with E-state index in [-0.39, 0.29) is 17.9 Å². The van der Waals surface area contributed by atoms with Gasteiger partial charge in [-0.25, -0.2) is 9.97 Å². The predicted octanol–water partition coefficient (Wildman–Crippen LogP) is 1.08. The van der Waals surface area contributed by atoms with Crippen LogP contribution in [-0.2, 0) is 0 Å². The molecule has 0 aliphatic carbocycles. The average Bonchev–Trinajstić information content (AvgIpc) is 2.40. The molecule has 0 aromatic carbocycles. The van der Waals surface area contributed by atoms with Crippen molar-refractivity contribution >= 4 is 5.91 Å². The Kier molecular flexibility index (Phi) is 4.25. The molecule has 1 aromatic heterocycles. The van der Waals surface area contributed by atoms with Gasteiger partial charge in [-0.05, 0) is 31.8 Å². The first-order chi connectivity index (χ1) is 8.68. The number of hydrogen-bond acceptors (Lipinski definition) is 4. The van der Waals surface area contributed by atoms with Crippen LogP contribution in [-0.4, -0.2) is 35.0 Å². The van der Waals surface area contributed by atoms with Gasteiger partial charge >= 0.3 is 0 Å². The summed E-state index contributed by atoms with van der Waals surface area (Å²) in [4.78, 5) is 20.4. The van der Waals surface area contributed by atoms with Gasteiger partial charge in [0.25, 0.3) is 5.91 Å². The van der Waals surface area contributed by atoms with Gasteiger partial charge in [-0.1, -0.05) is 13.8 Å². The molecule has 0 atom stereocenters. The molecule has 0 unspecified atom stereocenters. The number of hydrogen-bond donors (Lipinski definition) is 2. The molecule has 1 saturated heterocycles. The third-order valence-electron chi connectivity index (χ3n) is 3.21. The number of aromatic nitrogens is 2. The van der Waals surface area contributed by atoms with E-state index in [1.165, 1.54) is 6.33 Å². The minimum absolute atomic E-state index is 0.0498. The van der Waals surface area contributed by atoms with Gasteiger partial charge in [0.05, 0.1) is 11.3 Å². The standard InChI is InChI=1S/C13H20N4O/c1-9(2)12-11(7-15-8-16-12)13(18)17-10-3-5-14-6-4-10/h7-10,14H,3-6H2,1-2H3,(H,17,18). The maximum absolute atomic E-state index is 12.2. The van der Waals surface area contributed by atoms with Crippen LogP contribution in [0.15, 0.2) is 12.5 Å². The molecule has 1 aliphatic rings. The van der Waals surface area contributed by atoms with E-state index < -0.39 is 0 Å². The molecule has 0 radical (unpaired) electrons. The fourth-order valence-electron chi connectivity index (χ4n) is 2.20. The molecule has 18 heavy (non-hydrogen) atoms. The zero-order chi connectivity index (χ0) is 13.0. The highest BCUT2D eigenvalue weighted by molar-refractivity contribution is 5.95. The molecular formula is C13H20N4O. The third kappa shape index (κ3) is 3.04. The first-order valence-electron chi connectivity index (χ1n) is 6.50. The largest absolute Gasteiger partial charge is 0.349 e. The van der Waals surface area contributed by atoms with Crippen molar-refractivity contribution in [3.63, 3.8) is 0 Å². The minimum atomic E-state index is -0.0498. The molecule has 2 heterocycles. The fourth-order valence-corrected chi connectivity index (χ4v) is 2.20. The van der Waals surface area contributed by atoms with Crippen LogP contribution < -0.4 is 10.6 Å². The molecule has 0 bridgehead atoms. The number of nitrogens with one attached hydrogen (secondary N) is 2. The molecule has 2 rings (SSSR count). The maximum atomic E-state index is 12.2. The summed E-state index contributed by atoms with van der Waals surface area (Å²) in [7, 11) is 0. The van der Waals surface area contributed by atoms with Crippen LogP contribution in [0.3, 0.4) is 0 Å². The third-order valence-corrected chi connectivity index (χ3v) is 3.21. The Bertz CT molecular complexity index is 413. The zero-order valence-electron chi connectivity index (χ0n) is 10.9. The van der Waals surface area contributed by atoms with E-state index in [4.69, 9.17) is 0 Å². The van der Waals surface area contributed by atoms with Crippen molar-refractivity contribution in [2.45, 2.75) is 38.6 Å². The van der Waals surface area contributed by atoms with Crippen LogP contribution in [0.1, 0.15) is 48.7 Å². The second-order valence-electron chi connectivity index (χ2n) is 4.97. The van der Waals surface area contributed by atoms with Crippen LogP contribution in [0.5, 0.6) is 0 Å². The van der Waals surface area contributed by atoms with Crippen molar-refractivity contribution < 1.29 is 4.79 Å². The van der Waals surface area contributed by atoms with Crippen molar-refractivity contribution in [1.29, 1.82) is 0 Å². The first-order valence-corrected chi connectivity index (χ1v) is 6.50. The fraction of sp³-hybridized carbons (Fsp3) is 0.615. The molecule has 0 saturated carbocycles. The number of nitrogens with zero attached hydrogens (tertiary/aromatic N) is 2. The Balaban J connectivity index is 2.08. The Morgan fingerprint density at radius 2 is 2.17 bits per heavy atom. The molecule has 2 N–H and O–H groups in total. The van der Waals surface area contributed by atoms with E-state index in [1.54, 1.807) is 6.20 Å². The van der Waals surface area contributed by atoms with Crippen LogP contribution in [0.25, 0.3) is 0 Å².